The molecule has 2 heterocycles. The van der Waals surface area contributed by atoms with E-state index in [-0.39, 0.29) is 28.8 Å². The molecular formula is C24H19F2N3O4S. The van der Waals surface area contributed by atoms with Crippen LogP contribution in [0.15, 0.2) is 58.5 Å². The number of thiazole rings is 1. The van der Waals surface area contributed by atoms with Crippen molar-refractivity contribution in [1.82, 2.24) is 4.98 Å². The zero-order valence-corrected chi connectivity index (χ0v) is 19.2. The highest BCUT2D eigenvalue weighted by molar-refractivity contribution is 7.14. The number of cyclic esters (lactones) is 1. The lowest BCUT2D eigenvalue weighted by atomic mass is 10.1. The Morgan fingerprint density at radius 2 is 1.94 bits per heavy atom. The number of esters is 1. The number of anilines is 2. The zero-order chi connectivity index (χ0) is 24.4. The number of aryl methyl sites for hydroxylation is 2. The van der Waals surface area contributed by atoms with E-state index in [2.05, 4.69) is 14.7 Å². The minimum Gasteiger partial charge on any atom is -0.434 e. The molecule has 1 aliphatic rings. The third-order valence-electron chi connectivity index (χ3n) is 5.00. The van der Waals surface area contributed by atoms with Crippen LogP contribution >= 0.6 is 11.3 Å². The van der Waals surface area contributed by atoms with E-state index in [1.54, 1.807) is 11.4 Å². The van der Waals surface area contributed by atoms with Crippen molar-refractivity contribution in [1.29, 1.82) is 0 Å². The Bertz CT molecular complexity index is 1330. The summed E-state index contributed by atoms with van der Waals surface area (Å²) < 4.78 is 35.1. The van der Waals surface area contributed by atoms with Crippen LogP contribution < -0.4 is 9.64 Å². The van der Waals surface area contributed by atoms with Crippen LogP contribution in [0.25, 0.3) is 6.08 Å². The van der Waals surface area contributed by atoms with Gasteiger partial charge in [-0.25, -0.2) is 14.8 Å². The molecule has 1 aromatic heterocycles. The van der Waals surface area contributed by atoms with E-state index in [0.717, 1.165) is 11.1 Å². The molecule has 0 unspecified atom stereocenters. The Kier molecular flexibility index (Phi) is 6.51. The molecule has 0 N–H and O–H groups in total. The van der Waals surface area contributed by atoms with Crippen molar-refractivity contribution in [2.45, 2.75) is 27.4 Å². The number of benzene rings is 2. The molecule has 0 bridgehead atoms. The first-order chi connectivity index (χ1) is 16.2. The predicted octanol–water partition coefficient (Wildman–Crippen LogP) is 5.39. The summed E-state index contributed by atoms with van der Waals surface area (Å²) in [6.07, 6.45) is 1.41. The van der Waals surface area contributed by atoms with Gasteiger partial charge in [-0.1, -0.05) is 18.2 Å². The quantitative estimate of drug-likeness (QED) is 0.347. The van der Waals surface area contributed by atoms with Crippen LogP contribution in [0.3, 0.4) is 0 Å². The Labute approximate surface area is 198 Å². The summed E-state index contributed by atoms with van der Waals surface area (Å²) in [5, 5.41) is 2.10. The van der Waals surface area contributed by atoms with Gasteiger partial charge >= 0.3 is 12.6 Å². The Hall–Kier alpha value is -3.92. The second kappa shape index (κ2) is 9.52. The minimum absolute atomic E-state index is 0.0562. The average molecular weight is 483 g/mol. The van der Waals surface area contributed by atoms with Gasteiger partial charge in [0.1, 0.15) is 5.75 Å². The fraction of sp³-hybridized carbons (Fsp3) is 0.167. The number of amides is 1. The summed E-state index contributed by atoms with van der Waals surface area (Å²) in [7, 11) is 0. The molecule has 0 saturated carbocycles. The van der Waals surface area contributed by atoms with Gasteiger partial charge in [-0.2, -0.15) is 8.78 Å². The van der Waals surface area contributed by atoms with Crippen LogP contribution in [0, 0.1) is 13.8 Å². The SMILES string of the molecule is CC(=O)N(c1ccc(C)c(C)c1)c1nc(/C=C2\N=C(c3ccccc3OC(F)F)OC2=O)cs1. The Morgan fingerprint density at radius 3 is 2.65 bits per heavy atom. The monoisotopic (exact) mass is 483 g/mol. The van der Waals surface area contributed by atoms with E-state index in [9.17, 15) is 18.4 Å². The van der Waals surface area contributed by atoms with E-state index in [4.69, 9.17) is 4.74 Å². The molecule has 174 valence electrons. The Morgan fingerprint density at radius 1 is 1.18 bits per heavy atom. The van der Waals surface area contributed by atoms with Crippen LogP contribution in [0.2, 0.25) is 0 Å². The Balaban J connectivity index is 1.64. The highest BCUT2D eigenvalue weighted by Gasteiger charge is 2.27. The summed E-state index contributed by atoms with van der Waals surface area (Å²) in [5.41, 5.74) is 3.28. The topological polar surface area (TPSA) is 81.1 Å². The van der Waals surface area contributed by atoms with Gasteiger partial charge in [-0.3, -0.25) is 9.69 Å². The van der Waals surface area contributed by atoms with Crippen molar-refractivity contribution in [3.05, 3.63) is 75.9 Å². The molecule has 10 heteroatoms. The van der Waals surface area contributed by atoms with Gasteiger partial charge in [-0.05, 0) is 55.3 Å². The van der Waals surface area contributed by atoms with E-state index in [1.807, 2.05) is 32.0 Å². The molecular weight excluding hydrogens is 464 g/mol. The first-order valence-corrected chi connectivity index (χ1v) is 11.0. The van der Waals surface area contributed by atoms with Gasteiger partial charge in [0.05, 0.1) is 16.9 Å². The van der Waals surface area contributed by atoms with Crippen molar-refractivity contribution in [2.75, 3.05) is 4.90 Å². The van der Waals surface area contributed by atoms with Crippen molar-refractivity contribution < 1.29 is 27.8 Å². The van der Waals surface area contributed by atoms with Crippen molar-refractivity contribution in [3.63, 3.8) is 0 Å². The average Bonchev–Trinajstić information content (AvgIpc) is 3.37. The number of aromatic nitrogens is 1. The van der Waals surface area contributed by atoms with E-state index < -0.39 is 12.6 Å². The summed E-state index contributed by atoms with van der Waals surface area (Å²) in [6, 6.07) is 11.6. The largest absolute Gasteiger partial charge is 0.434 e. The van der Waals surface area contributed by atoms with Gasteiger partial charge < -0.3 is 9.47 Å². The molecule has 2 aromatic carbocycles. The third kappa shape index (κ3) is 4.86. The highest BCUT2D eigenvalue weighted by Crippen LogP contribution is 2.32. The molecule has 7 nitrogen and oxygen atoms in total. The van der Waals surface area contributed by atoms with Crippen molar-refractivity contribution in [2.24, 2.45) is 4.99 Å². The number of carbonyl (C=O) groups is 2. The van der Waals surface area contributed by atoms with Crippen LogP contribution in [-0.2, 0) is 14.3 Å². The number of carbonyl (C=O) groups excluding carboxylic acids is 2. The number of halogens is 2. The summed E-state index contributed by atoms with van der Waals surface area (Å²) >= 11 is 1.23. The van der Waals surface area contributed by atoms with Gasteiger partial charge in [0.25, 0.3) is 0 Å². The summed E-state index contributed by atoms with van der Waals surface area (Å²) in [4.78, 5) is 34.8. The van der Waals surface area contributed by atoms with Crippen LogP contribution in [0.1, 0.15) is 29.3 Å². The normalized spacial score (nSPS) is 14.4. The first kappa shape index (κ1) is 23.2. The molecule has 1 amide bonds. The fourth-order valence-corrected chi connectivity index (χ4v) is 4.09. The predicted molar refractivity (Wildman–Crippen MR) is 125 cm³/mol. The van der Waals surface area contributed by atoms with E-state index >= 15 is 0 Å². The first-order valence-electron chi connectivity index (χ1n) is 10.1. The number of aliphatic imine (C=N–C) groups is 1. The lowest BCUT2D eigenvalue weighted by Crippen LogP contribution is -2.22. The molecule has 34 heavy (non-hydrogen) atoms. The third-order valence-corrected chi connectivity index (χ3v) is 5.85. The highest BCUT2D eigenvalue weighted by atomic mass is 32.1. The molecule has 0 spiro atoms. The van der Waals surface area contributed by atoms with E-state index in [1.165, 1.54) is 47.4 Å². The number of rotatable bonds is 6. The molecule has 0 fully saturated rings. The molecule has 0 radical (unpaired) electrons. The minimum atomic E-state index is -3.04. The number of para-hydroxylation sites is 1. The van der Waals surface area contributed by atoms with Crippen molar-refractivity contribution in [3.8, 4) is 5.75 Å². The number of nitrogens with zero attached hydrogens (tertiary/aromatic N) is 3. The lowest BCUT2D eigenvalue weighted by Gasteiger charge is -2.19. The molecule has 0 aliphatic carbocycles. The zero-order valence-electron chi connectivity index (χ0n) is 18.4. The van der Waals surface area contributed by atoms with Crippen LogP contribution in [0.5, 0.6) is 5.75 Å². The lowest BCUT2D eigenvalue weighted by molar-refractivity contribution is -0.130. The maximum atomic E-state index is 12.7. The summed E-state index contributed by atoms with van der Waals surface area (Å²) in [5.74, 6) is -1.28. The van der Waals surface area contributed by atoms with Gasteiger partial charge in [0.15, 0.2) is 10.8 Å². The standard InChI is InChI=1S/C24H19F2N3O4S/c1-13-8-9-17(10-14(13)2)29(15(3)30)24-27-16(12-34-24)11-19-22(31)33-21(28-19)18-6-4-5-7-20(18)32-23(25)26/h4-12,23H,1-3H3/b19-11-. The van der Waals surface area contributed by atoms with Crippen LogP contribution in [-0.4, -0.2) is 29.4 Å². The summed E-state index contributed by atoms with van der Waals surface area (Å²) in [6.45, 7) is 2.35. The molecule has 0 atom stereocenters. The molecule has 1 aliphatic heterocycles. The number of hydrogen-bond acceptors (Lipinski definition) is 7. The maximum absolute atomic E-state index is 12.7. The molecule has 4 rings (SSSR count). The smallest absolute Gasteiger partial charge is 0.387 e. The van der Waals surface area contributed by atoms with Crippen LogP contribution in [0.4, 0.5) is 19.6 Å². The number of alkyl halides is 2. The maximum Gasteiger partial charge on any atom is 0.387 e. The van der Waals surface area contributed by atoms with Gasteiger partial charge in [0, 0.05) is 12.3 Å². The molecule has 0 saturated heterocycles. The van der Waals surface area contributed by atoms with Crippen molar-refractivity contribution >= 4 is 46.0 Å². The number of hydrogen-bond donors (Lipinski definition) is 0. The van der Waals surface area contributed by atoms with Gasteiger partial charge in [-0.15, -0.1) is 11.3 Å². The number of ether oxygens (including phenoxy) is 2. The fourth-order valence-electron chi connectivity index (χ4n) is 3.24. The van der Waals surface area contributed by atoms with Gasteiger partial charge in [0.2, 0.25) is 11.8 Å². The van der Waals surface area contributed by atoms with E-state index in [0.29, 0.717) is 16.5 Å². The second-order valence-electron chi connectivity index (χ2n) is 7.39. The molecule has 3 aromatic rings. The second-order valence-corrected chi connectivity index (χ2v) is 8.23.